The molecule has 2 aliphatic rings. The topological polar surface area (TPSA) is 176 Å². The Bertz CT molecular complexity index is 706. The van der Waals surface area contributed by atoms with Gasteiger partial charge in [0, 0.05) is 12.8 Å². The molecule has 11 nitrogen and oxygen atoms in total. The van der Waals surface area contributed by atoms with Gasteiger partial charge in [0.2, 0.25) is 5.91 Å². The van der Waals surface area contributed by atoms with Crippen molar-refractivity contribution >= 4 is 41.6 Å². The molecule has 0 radical (unpaired) electrons. The third-order valence-electron chi connectivity index (χ3n) is 3.75. The van der Waals surface area contributed by atoms with Crippen LogP contribution in [0.4, 0.5) is 4.79 Å². The minimum atomic E-state index is -1.46. The zero-order valence-corrected chi connectivity index (χ0v) is 14.4. The van der Waals surface area contributed by atoms with Crippen molar-refractivity contribution in [3.63, 3.8) is 0 Å². The van der Waals surface area contributed by atoms with Crippen molar-refractivity contribution < 1.29 is 38.9 Å². The Morgan fingerprint density at radius 2 is 1.92 bits per heavy atom. The van der Waals surface area contributed by atoms with E-state index in [1.165, 1.54) is 0 Å². The summed E-state index contributed by atoms with van der Waals surface area (Å²) in [7, 11) is 0. The molecule has 0 aromatic heterocycles. The Labute approximate surface area is 151 Å². The average Bonchev–Trinajstić information content (AvgIpc) is 2.53. The third-order valence-corrected chi connectivity index (χ3v) is 5.14. The van der Waals surface area contributed by atoms with Gasteiger partial charge in [0.05, 0.1) is 5.25 Å². The first-order valence-electron chi connectivity index (χ1n) is 7.58. The molecular formula is C14H17N3O8S. The molecule has 5 N–H and O–H groups in total. The van der Waals surface area contributed by atoms with E-state index in [9.17, 15) is 29.1 Å². The Balaban J connectivity index is 2.11. The predicted octanol–water partition coefficient (Wildman–Crippen LogP) is -0.579. The summed E-state index contributed by atoms with van der Waals surface area (Å²) in [5, 5.41) is 19.2. The van der Waals surface area contributed by atoms with Gasteiger partial charge in [-0.05, 0) is 13.3 Å². The molecule has 12 heteroatoms. The fourth-order valence-corrected chi connectivity index (χ4v) is 4.02. The van der Waals surface area contributed by atoms with Crippen LogP contribution < -0.4 is 11.1 Å². The van der Waals surface area contributed by atoms with Crippen LogP contribution in [0.15, 0.2) is 11.5 Å². The van der Waals surface area contributed by atoms with Gasteiger partial charge in [-0.2, -0.15) is 0 Å². The molecule has 0 bridgehead atoms. The number of fused-ring (bicyclic) bond motifs is 1. The number of hydrogen-bond acceptors (Lipinski definition) is 7. The summed E-state index contributed by atoms with van der Waals surface area (Å²) in [6, 6.07) is -0.941. The molecule has 142 valence electrons. The second kappa shape index (κ2) is 7.64. The van der Waals surface area contributed by atoms with E-state index >= 15 is 0 Å². The standard InChI is InChI=1S/C14H17N3O8S/c1-5-10(25-14(15)24)9(13(22)23)17-11(21)8(12(17)26-5)16-6(18)3-2-4-7(19)20/h5,8,12H,2-4H2,1H3,(H2,15,24)(H,16,18)(H,19,20)(H,22,23)/t5?,8-,12-/m1/s1. The molecule has 0 aliphatic carbocycles. The van der Waals surface area contributed by atoms with E-state index in [-0.39, 0.29) is 25.0 Å². The van der Waals surface area contributed by atoms with Crippen LogP contribution in [0.25, 0.3) is 0 Å². The maximum atomic E-state index is 12.3. The molecular weight excluding hydrogens is 370 g/mol. The number of thioether (sulfide) groups is 1. The summed E-state index contributed by atoms with van der Waals surface area (Å²) in [6.45, 7) is 1.58. The first-order chi connectivity index (χ1) is 12.1. The molecule has 2 heterocycles. The number of primary amides is 1. The number of nitrogens with two attached hydrogens (primary N) is 1. The minimum absolute atomic E-state index is 0.0688. The van der Waals surface area contributed by atoms with E-state index in [2.05, 4.69) is 5.32 Å². The second-order valence-corrected chi connectivity index (χ2v) is 7.07. The van der Waals surface area contributed by atoms with Crippen molar-refractivity contribution in [1.82, 2.24) is 10.2 Å². The number of carbonyl (C=O) groups excluding carboxylic acids is 3. The van der Waals surface area contributed by atoms with Gasteiger partial charge in [-0.15, -0.1) is 11.8 Å². The van der Waals surface area contributed by atoms with E-state index in [0.717, 1.165) is 16.7 Å². The summed E-state index contributed by atoms with van der Waals surface area (Å²) in [5.41, 5.74) is 4.46. The van der Waals surface area contributed by atoms with E-state index in [1.54, 1.807) is 6.92 Å². The van der Waals surface area contributed by atoms with Crippen LogP contribution in [0.1, 0.15) is 26.2 Å². The van der Waals surface area contributed by atoms with Crippen molar-refractivity contribution in [3.05, 3.63) is 11.5 Å². The van der Waals surface area contributed by atoms with Crippen molar-refractivity contribution in [3.8, 4) is 0 Å². The summed E-state index contributed by atoms with van der Waals surface area (Å²) >= 11 is 1.13. The highest BCUT2D eigenvalue weighted by Crippen LogP contribution is 2.44. The summed E-state index contributed by atoms with van der Waals surface area (Å²) in [5.74, 6) is -3.89. The maximum Gasteiger partial charge on any atom is 0.409 e. The number of β-lactam (4-membered cyclic amide) rings is 1. The SMILES string of the molecule is CC1S[C@@H]2[C@H](NC(=O)CCCC(=O)O)C(=O)N2C(C(=O)O)=C1OC(N)=O. The lowest BCUT2D eigenvalue weighted by molar-refractivity contribution is -0.151. The molecule has 0 aromatic rings. The molecule has 2 rings (SSSR count). The van der Waals surface area contributed by atoms with E-state index in [0.29, 0.717) is 0 Å². The Kier molecular flexibility index (Phi) is 5.75. The summed E-state index contributed by atoms with van der Waals surface area (Å²) < 4.78 is 4.75. The number of carboxylic acid groups (broad SMARTS) is 2. The molecule has 3 atom stereocenters. The van der Waals surface area contributed by atoms with Crippen LogP contribution >= 0.6 is 11.8 Å². The van der Waals surface area contributed by atoms with Gasteiger partial charge in [-0.3, -0.25) is 19.3 Å². The molecule has 1 unspecified atom stereocenters. The molecule has 26 heavy (non-hydrogen) atoms. The van der Waals surface area contributed by atoms with E-state index < -0.39 is 52.2 Å². The van der Waals surface area contributed by atoms with Crippen LogP contribution in [-0.2, 0) is 23.9 Å². The number of hydrogen-bond donors (Lipinski definition) is 4. The predicted molar refractivity (Wildman–Crippen MR) is 86.4 cm³/mol. The van der Waals surface area contributed by atoms with Crippen molar-refractivity contribution in [2.24, 2.45) is 5.73 Å². The number of ether oxygens (including phenoxy) is 1. The number of nitrogens with zero attached hydrogens (tertiary/aromatic N) is 1. The Morgan fingerprint density at radius 1 is 1.27 bits per heavy atom. The fraction of sp³-hybridized carbons (Fsp3) is 0.500. The van der Waals surface area contributed by atoms with Crippen LogP contribution in [0, 0.1) is 0 Å². The lowest BCUT2D eigenvalue weighted by Gasteiger charge is -2.50. The van der Waals surface area contributed by atoms with Crippen LogP contribution in [-0.4, -0.2) is 61.6 Å². The highest BCUT2D eigenvalue weighted by atomic mass is 32.2. The molecule has 2 aliphatic heterocycles. The smallest absolute Gasteiger partial charge is 0.409 e. The van der Waals surface area contributed by atoms with Crippen molar-refractivity contribution in [1.29, 1.82) is 0 Å². The first kappa shape index (κ1) is 19.6. The Hall–Kier alpha value is -2.76. The summed E-state index contributed by atoms with van der Waals surface area (Å²) in [6.07, 6.45) is -1.31. The lowest BCUT2D eigenvalue weighted by atomic mass is 10.0. The average molecular weight is 387 g/mol. The number of rotatable bonds is 7. The van der Waals surface area contributed by atoms with Gasteiger partial charge in [0.15, 0.2) is 11.5 Å². The number of carbonyl (C=O) groups is 5. The maximum absolute atomic E-state index is 12.3. The fourth-order valence-electron chi connectivity index (χ4n) is 2.65. The normalized spacial score (nSPS) is 24.4. The molecule has 1 saturated heterocycles. The van der Waals surface area contributed by atoms with Gasteiger partial charge in [0.25, 0.3) is 5.91 Å². The van der Waals surface area contributed by atoms with Crippen molar-refractivity contribution in [2.45, 2.75) is 42.9 Å². The Morgan fingerprint density at radius 3 is 2.46 bits per heavy atom. The molecule has 0 aromatic carbocycles. The minimum Gasteiger partial charge on any atom is -0.481 e. The molecule has 3 amide bonds. The van der Waals surface area contributed by atoms with Gasteiger partial charge in [-0.1, -0.05) is 0 Å². The lowest BCUT2D eigenvalue weighted by Crippen LogP contribution is -2.71. The van der Waals surface area contributed by atoms with Crippen molar-refractivity contribution in [2.75, 3.05) is 0 Å². The number of aliphatic carboxylic acids is 2. The van der Waals surface area contributed by atoms with E-state index in [1.807, 2.05) is 0 Å². The molecule has 0 spiro atoms. The first-order valence-corrected chi connectivity index (χ1v) is 8.52. The highest BCUT2D eigenvalue weighted by Gasteiger charge is 2.56. The zero-order valence-electron chi connectivity index (χ0n) is 13.6. The van der Waals surface area contributed by atoms with E-state index in [4.69, 9.17) is 15.6 Å². The van der Waals surface area contributed by atoms with Crippen LogP contribution in [0.2, 0.25) is 0 Å². The number of amides is 3. The van der Waals surface area contributed by atoms with Gasteiger partial charge >= 0.3 is 18.0 Å². The summed E-state index contributed by atoms with van der Waals surface area (Å²) in [4.78, 5) is 58.1. The number of carboxylic acids is 2. The van der Waals surface area contributed by atoms with Gasteiger partial charge in [0.1, 0.15) is 11.4 Å². The molecule has 0 saturated carbocycles. The highest BCUT2D eigenvalue weighted by molar-refractivity contribution is 8.00. The number of nitrogens with one attached hydrogen (secondary N) is 1. The van der Waals surface area contributed by atoms with Crippen LogP contribution in [0.5, 0.6) is 0 Å². The van der Waals surface area contributed by atoms with Gasteiger partial charge in [-0.25, -0.2) is 9.59 Å². The second-order valence-electron chi connectivity index (χ2n) is 5.61. The monoisotopic (exact) mass is 387 g/mol. The largest absolute Gasteiger partial charge is 0.481 e. The quantitative estimate of drug-likeness (QED) is 0.416. The van der Waals surface area contributed by atoms with Gasteiger partial charge < -0.3 is 26.0 Å². The van der Waals surface area contributed by atoms with Crippen LogP contribution in [0.3, 0.4) is 0 Å². The third kappa shape index (κ3) is 3.90. The molecule has 1 fully saturated rings. The zero-order chi connectivity index (χ0) is 19.6.